The second-order valence-electron chi connectivity index (χ2n) is 8.77. The fraction of sp³-hybridized carbons (Fsp3) is 0.172. The summed E-state index contributed by atoms with van der Waals surface area (Å²) in [6, 6.07) is 22.2. The molecule has 1 aliphatic rings. The molecule has 0 N–H and O–H groups in total. The van der Waals surface area contributed by atoms with Gasteiger partial charge in [-0.15, -0.1) is 0 Å². The number of anilines is 1. The number of para-hydroxylation sites is 1. The minimum Gasteiger partial charge on any atom is -0.492 e. The van der Waals surface area contributed by atoms with Crippen LogP contribution in [0.2, 0.25) is 5.02 Å². The van der Waals surface area contributed by atoms with Gasteiger partial charge in [0.05, 0.1) is 23.2 Å². The van der Waals surface area contributed by atoms with Gasteiger partial charge in [0.15, 0.2) is 0 Å². The van der Waals surface area contributed by atoms with Crippen LogP contribution in [-0.2, 0) is 11.3 Å². The van der Waals surface area contributed by atoms with Gasteiger partial charge >= 0.3 is 0 Å². The molecule has 1 aromatic heterocycles. The quantitative estimate of drug-likeness (QED) is 0.221. The van der Waals surface area contributed by atoms with Crippen LogP contribution in [0, 0.1) is 0 Å². The van der Waals surface area contributed by atoms with E-state index < -0.39 is 0 Å². The highest BCUT2D eigenvalue weighted by atomic mass is 35.5. The lowest BCUT2D eigenvalue weighted by Gasteiger charge is -2.12. The average Bonchev–Trinajstić information content (AvgIpc) is 3.37. The predicted molar refractivity (Wildman–Crippen MR) is 150 cm³/mol. The van der Waals surface area contributed by atoms with Gasteiger partial charge in [0.25, 0.3) is 11.1 Å². The first-order valence-electron chi connectivity index (χ1n) is 11.9. The zero-order valence-corrected chi connectivity index (χ0v) is 22.0. The smallest absolute Gasteiger partial charge is 0.298 e. The number of thioether (sulfide) groups is 1. The lowest BCUT2D eigenvalue weighted by molar-refractivity contribution is -0.113. The SMILES string of the molecule is CC(C)Oc1ccc(OCCn2cc(/C=C3\SC(=O)N(c4ccc(Cl)cc4)C3=O)c3ccccc32)cc1. The maximum absolute atomic E-state index is 13.1. The Morgan fingerprint density at radius 1 is 0.946 bits per heavy atom. The summed E-state index contributed by atoms with van der Waals surface area (Å²) >= 11 is 6.89. The Bertz CT molecular complexity index is 1480. The Labute approximate surface area is 224 Å². The Morgan fingerprint density at radius 2 is 1.65 bits per heavy atom. The fourth-order valence-corrected chi connectivity index (χ4v) is 5.10. The van der Waals surface area contributed by atoms with E-state index in [1.54, 1.807) is 30.3 Å². The standard InChI is InChI=1S/C29H25ClN2O4S/c1-19(2)36-24-13-11-23(12-14-24)35-16-15-31-18-20(25-5-3-4-6-26(25)31)17-27-28(33)32(29(34)37-27)22-9-7-21(30)8-10-22/h3-14,17-19H,15-16H2,1-2H3/b27-17-. The number of halogens is 1. The Kier molecular flexibility index (Phi) is 7.26. The van der Waals surface area contributed by atoms with Gasteiger partial charge in [-0.05, 0) is 86.3 Å². The lowest BCUT2D eigenvalue weighted by atomic mass is 10.1. The number of ether oxygens (including phenoxy) is 2. The molecule has 1 fully saturated rings. The van der Waals surface area contributed by atoms with E-state index >= 15 is 0 Å². The van der Waals surface area contributed by atoms with Crippen LogP contribution in [-0.4, -0.2) is 28.4 Å². The number of hydrogen-bond acceptors (Lipinski definition) is 5. The Hall–Kier alpha value is -3.68. The molecule has 1 saturated heterocycles. The van der Waals surface area contributed by atoms with Crippen LogP contribution < -0.4 is 14.4 Å². The molecule has 5 rings (SSSR count). The summed E-state index contributed by atoms with van der Waals surface area (Å²) in [5, 5.41) is 1.21. The number of aromatic nitrogens is 1. The van der Waals surface area contributed by atoms with Crippen LogP contribution in [0.3, 0.4) is 0 Å². The van der Waals surface area contributed by atoms with Crippen molar-refractivity contribution in [3.63, 3.8) is 0 Å². The zero-order valence-electron chi connectivity index (χ0n) is 20.4. The molecule has 0 radical (unpaired) electrons. The Balaban J connectivity index is 1.33. The molecule has 8 heteroatoms. The predicted octanol–water partition coefficient (Wildman–Crippen LogP) is 7.40. The zero-order chi connectivity index (χ0) is 25.9. The molecule has 6 nitrogen and oxygen atoms in total. The number of imide groups is 1. The molecule has 0 atom stereocenters. The number of hydrogen-bond donors (Lipinski definition) is 0. The average molecular weight is 533 g/mol. The summed E-state index contributed by atoms with van der Waals surface area (Å²) in [7, 11) is 0. The summed E-state index contributed by atoms with van der Waals surface area (Å²) in [6.07, 6.45) is 3.90. The van der Waals surface area contributed by atoms with Gasteiger partial charge < -0.3 is 14.0 Å². The molecule has 1 aliphatic heterocycles. The molecule has 0 unspecified atom stereocenters. The van der Waals surface area contributed by atoms with E-state index in [2.05, 4.69) is 4.57 Å². The van der Waals surface area contributed by atoms with Gasteiger partial charge in [-0.25, -0.2) is 4.90 Å². The molecule has 0 aliphatic carbocycles. The van der Waals surface area contributed by atoms with E-state index in [1.807, 2.05) is 68.6 Å². The summed E-state index contributed by atoms with van der Waals surface area (Å²) in [4.78, 5) is 27.3. The normalized spacial score (nSPS) is 14.8. The van der Waals surface area contributed by atoms with Crippen molar-refractivity contribution in [3.8, 4) is 11.5 Å². The fourth-order valence-electron chi connectivity index (χ4n) is 4.15. The molecular weight excluding hydrogens is 508 g/mol. The van der Waals surface area contributed by atoms with Crippen molar-refractivity contribution in [1.82, 2.24) is 4.57 Å². The molecule has 3 aromatic carbocycles. The summed E-state index contributed by atoms with van der Waals surface area (Å²) < 4.78 is 13.7. The molecular formula is C29H25ClN2O4S. The van der Waals surface area contributed by atoms with Crippen LogP contribution in [0.25, 0.3) is 17.0 Å². The van der Waals surface area contributed by atoms with E-state index in [0.29, 0.717) is 28.8 Å². The molecule has 4 aromatic rings. The number of benzene rings is 3. The van der Waals surface area contributed by atoms with Crippen LogP contribution in [0.15, 0.2) is 83.9 Å². The summed E-state index contributed by atoms with van der Waals surface area (Å²) in [5.41, 5.74) is 2.39. The molecule has 2 amide bonds. The third kappa shape index (κ3) is 5.53. The highest BCUT2D eigenvalue weighted by molar-refractivity contribution is 8.19. The maximum atomic E-state index is 13.1. The van der Waals surface area contributed by atoms with E-state index in [0.717, 1.165) is 39.7 Å². The molecule has 0 saturated carbocycles. The number of carbonyl (C=O) groups excluding carboxylic acids is 2. The van der Waals surface area contributed by atoms with Gasteiger partial charge in [0.2, 0.25) is 0 Å². The van der Waals surface area contributed by atoms with E-state index in [1.165, 1.54) is 4.90 Å². The van der Waals surface area contributed by atoms with Gasteiger partial charge in [0, 0.05) is 27.7 Å². The lowest BCUT2D eigenvalue weighted by Crippen LogP contribution is -2.27. The number of fused-ring (bicyclic) bond motifs is 1. The van der Waals surface area contributed by atoms with Crippen LogP contribution in [0.5, 0.6) is 11.5 Å². The maximum Gasteiger partial charge on any atom is 0.298 e. The highest BCUT2D eigenvalue weighted by Crippen LogP contribution is 2.37. The number of rotatable bonds is 8. The second kappa shape index (κ2) is 10.7. The van der Waals surface area contributed by atoms with Crippen molar-refractivity contribution in [2.75, 3.05) is 11.5 Å². The van der Waals surface area contributed by atoms with E-state index in [-0.39, 0.29) is 17.3 Å². The van der Waals surface area contributed by atoms with Crippen molar-refractivity contribution >= 4 is 57.2 Å². The van der Waals surface area contributed by atoms with Crippen molar-refractivity contribution < 1.29 is 19.1 Å². The summed E-state index contributed by atoms with van der Waals surface area (Å²) in [6.45, 7) is 5.07. The summed E-state index contributed by atoms with van der Waals surface area (Å²) in [5.74, 6) is 1.23. The number of nitrogens with zero attached hydrogens (tertiary/aromatic N) is 2. The molecule has 2 heterocycles. The topological polar surface area (TPSA) is 60.8 Å². The van der Waals surface area contributed by atoms with Crippen molar-refractivity contribution in [1.29, 1.82) is 0 Å². The second-order valence-corrected chi connectivity index (χ2v) is 10.2. The largest absolute Gasteiger partial charge is 0.492 e. The first-order chi connectivity index (χ1) is 17.9. The first kappa shape index (κ1) is 25.0. The van der Waals surface area contributed by atoms with Gasteiger partial charge in [0.1, 0.15) is 18.1 Å². The van der Waals surface area contributed by atoms with Crippen molar-refractivity contribution in [2.45, 2.75) is 26.5 Å². The van der Waals surface area contributed by atoms with Crippen molar-refractivity contribution in [3.05, 3.63) is 94.5 Å². The van der Waals surface area contributed by atoms with Gasteiger partial charge in [-0.3, -0.25) is 9.59 Å². The third-order valence-electron chi connectivity index (χ3n) is 5.78. The highest BCUT2D eigenvalue weighted by Gasteiger charge is 2.36. The monoisotopic (exact) mass is 532 g/mol. The number of amides is 2. The van der Waals surface area contributed by atoms with Crippen LogP contribution in [0.1, 0.15) is 19.4 Å². The first-order valence-corrected chi connectivity index (χ1v) is 13.1. The third-order valence-corrected chi connectivity index (χ3v) is 6.90. The minimum absolute atomic E-state index is 0.120. The van der Waals surface area contributed by atoms with Crippen molar-refractivity contribution in [2.24, 2.45) is 0 Å². The van der Waals surface area contributed by atoms with Crippen LogP contribution in [0.4, 0.5) is 10.5 Å². The van der Waals surface area contributed by atoms with E-state index in [9.17, 15) is 9.59 Å². The molecule has 0 spiro atoms. The van der Waals surface area contributed by atoms with Gasteiger partial charge in [-0.1, -0.05) is 29.8 Å². The minimum atomic E-state index is -0.345. The molecule has 188 valence electrons. The molecule has 0 bridgehead atoms. The van der Waals surface area contributed by atoms with E-state index in [4.69, 9.17) is 21.1 Å². The molecule has 37 heavy (non-hydrogen) atoms. The Morgan fingerprint density at radius 3 is 2.38 bits per heavy atom. The van der Waals surface area contributed by atoms with Crippen LogP contribution >= 0.6 is 23.4 Å². The number of carbonyl (C=O) groups is 2. The van der Waals surface area contributed by atoms with Gasteiger partial charge in [-0.2, -0.15) is 0 Å².